The topological polar surface area (TPSA) is 44.4 Å². The molecule has 1 heterocycles. The normalized spacial score (nSPS) is 21.2. The van der Waals surface area contributed by atoms with Gasteiger partial charge in [0.2, 0.25) is 5.91 Å². The third kappa shape index (κ3) is 6.36. The number of likely N-dealkylation sites (tertiary alicyclic amines) is 1. The second-order valence-corrected chi connectivity index (χ2v) is 5.57. The van der Waals surface area contributed by atoms with Crippen LogP contribution in [0, 0.1) is 0 Å². The van der Waals surface area contributed by atoms with Gasteiger partial charge in [0.05, 0.1) is 0 Å². The largest absolute Gasteiger partial charge is 0.354 e. The van der Waals surface area contributed by atoms with Gasteiger partial charge in [0, 0.05) is 31.6 Å². The average molecular weight is 255 g/mol. The number of hydrogen-bond acceptors (Lipinski definition) is 3. The molecule has 106 valence electrons. The van der Waals surface area contributed by atoms with E-state index in [-0.39, 0.29) is 11.9 Å². The molecule has 0 aromatic carbocycles. The number of nitrogens with zero attached hydrogens (tertiary/aromatic N) is 1. The van der Waals surface area contributed by atoms with Gasteiger partial charge in [0.15, 0.2) is 0 Å². The summed E-state index contributed by atoms with van der Waals surface area (Å²) in [5.41, 5.74) is 0. The number of amides is 1. The van der Waals surface area contributed by atoms with Gasteiger partial charge in [-0.05, 0) is 46.2 Å². The van der Waals surface area contributed by atoms with Crippen molar-refractivity contribution < 1.29 is 4.79 Å². The molecule has 4 nitrogen and oxygen atoms in total. The zero-order valence-electron chi connectivity index (χ0n) is 12.2. The quantitative estimate of drug-likeness (QED) is 0.722. The van der Waals surface area contributed by atoms with Gasteiger partial charge in [-0.3, -0.25) is 4.79 Å². The van der Waals surface area contributed by atoms with E-state index in [1.165, 1.54) is 19.3 Å². The minimum absolute atomic E-state index is 0.175. The van der Waals surface area contributed by atoms with Crippen molar-refractivity contribution in [3.63, 3.8) is 0 Å². The molecule has 2 N–H and O–H groups in total. The minimum Gasteiger partial charge on any atom is -0.354 e. The number of nitrogens with one attached hydrogen (secondary N) is 2. The van der Waals surface area contributed by atoms with Gasteiger partial charge in [-0.25, -0.2) is 0 Å². The van der Waals surface area contributed by atoms with Gasteiger partial charge in [-0.15, -0.1) is 0 Å². The van der Waals surface area contributed by atoms with Crippen LogP contribution in [0.3, 0.4) is 0 Å². The molecule has 1 aliphatic heterocycles. The number of hydrogen-bond donors (Lipinski definition) is 2. The van der Waals surface area contributed by atoms with Crippen molar-refractivity contribution in [1.82, 2.24) is 15.5 Å². The molecule has 1 fully saturated rings. The molecule has 1 rings (SSSR count). The van der Waals surface area contributed by atoms with E-state index in [1.807, 2.05) is 13.8 Å². The Hall–Kier alpha value is -0.610. The van der Waals surface area contributed by atoms with Gasteiger partial charge in [-0.2, -0.15) is 0 Å². The smallest absolute Gasteiger partial charge is 0.221 e. The summed E-state index contributed by atoms with van der Waals surface area (Å²) >= 11 is 0. The van der Waals surface area contributed by atoms with Crippen LogP contribution in [0.15, 0.2) is 0 Å². The lowest BCUT2D eigenvalue weighted by molar-refractivity contribution is -0.122. The Morgan fingerprint density at radius 1 is 1.44 bits per heavy atom. The molecule has 1 saturated heterocycles. The molecule has 0 spiro atoms. The predicted molar refractivity (Wildman–Crippen MR) is 75.7 cm³/mol. The molecule has 4 heteroatoms. The van der Waals surface area contributed by atoms with Gasteiger partial charge in [0.25, 0.3) is 0 Å². The van der Waals surface area contributed by atoms with E-state index < -0.39 is 0 Å². The summed E-state index contributed by atoms with van der Waals surface area (Å²) in [5.74, 6) is 0.175. The van der Waals surface area contributed by atoms with Crippen molar-refractivity contribution in [3.8, 4) is 0 Å². The molecule has 0 saturated carbocycles. The van der Waals surface area contributed by atoms with Crippen LogP contribution < -0.4 is 10.6 Å². The average Bonchev–Trinajstić information content (AvgIpc) is 2.33. The summed E-state index contributed by atoms with van der Waals surface area (Å²) in [4.78, 5) is 14.0. The van der Waals surface area contributed by atoms with Crippen LogP contribution in [0.4, 0.5) is 0 Å². The third-order valence-corrected chi connectivity index (χ3v) is 3.29. The highest BCUT2D eigenvalue weighted by atomic mass is 16.1. The van der Waals surface area contributed by atoms with E-state index in [9.17, 15) is 4.79 Å². The first kappa shape index (κ1) is 15.4. The maximum absolute atomic E-state index is 11.6. The van der Waals surface area contributed by atoms with Gasteiger partial charge >= 0.3 is 0 Å². The maximum Gasteiger partial charge on any atom is 0.221 e. The molecule has 18 heavy (non-hydrogen) atoms. The van der Waals surface area contributed by atoms with Crippen LogP contribution in [0.5, 0.6) is 0 Å². The lowest BCUT2D eigenvalue weighted by Crippen LogP contribution is -2.46. The summed E-state index contributed by atoms with van der Waals surface area (Å²) in [7, 11) is 0. The number of carbonyl (C=O) groups excluding carboxylic acids is 1. The second-order valence-electron chi connectivity index (χ2n) is 5.57. The Labute approximate surface area is 111 Å². The number of rotatable bonds is 7. The Kier molecular flexibility index (Phi) is 7.28. The Bertz CT molecular complexity index is 243. The first-order valence-electron chi connectivity index (χ1n) is 7.37. The van der Waals surface area contributed by atoms with Crippen LogP contribution in [0.1, 0.15) is 46.5 Å². The summed E-state index contributed by atoms with van der Waals surface area (Å²) in [6.07, 6.45) is 4.33. The molecule has 1 amide bonds. The molecule has 0 aromatic rings. The van der Waals surface area contributed by atoms with E-state index in [0.29, 0.717) is 12.5 Å². The lowest BCUT2D eigenvalue weighted by atomic mass is 10.1. The molecule has 0 bridgehead atoms. The zero-order valence-corrected chi connectivity index (χ0v) is 12.2. The van der Waals surface area contributed by atoms with Gasteiger partial charge in [0.1, 0.15) is 0 Å². The van der Waals surface area contributed by atoms with Crippen molar-refractivity contribution in [3.05, 3.63) is 0 Å². The third-order valence-electron chi connectivity index (χ3n) is 3.29. The van der Waals surface area contributed by atoms with Crippen LogP contribution in [-0.2, 0) is 4.79 Å². The second kappa shape index (κ2) is 8.48. The minimum atomic E-state index is 0.175. The number of piperidine rings is 1. The van der Waals surface area contributed by atoms with Crippen LogP contribution >= 0.6 is 0 Å². The summed E-state index contributed by atoms with van der Waals surface area (Å²) in [5, 5.41) is 6.53. The highest BCUT2D eigenvalue weighted by molar-refractivity contribution is 5.76. The zero-order chi connectivity index (χ0) is 13.4. The maximum atomic E-state index is 11.6. The lowest BCUT2D eigenvalue weighted by Gasteiger charge is -2.33. The van der Waals surface area contributed by atoms with Crippen molar-refractivity contribution in [2.45, 2.75) is 58.5 Å². The standard InChI is InChI=1S/C14H29N3O/c1-4-8-15-13-6-5-9-17(11-13)10-7-14(18)16-12(2)3/h12-13,15H,4-11H2,1-3H3,(H,16,18). The monoisotopic (exact) mass is 255 g/mol. The molecule has 1 atom stereocenters. The first-order valence-corrected chi connectivity index (χ1v) is 7.37. The summed E-state index contributed by atoms with van der Waals surface area (Å²) in [6, 6.07) is 0.865. The summed E-state index contributed by atoms with van der Waals surface area (Å²) in [6.45, 7) is 10.4. The van der Waals surface area contributed by atoms with E-state index in [2.05, 4.69) is 22.5 Å². The fourth-order valence-electron chi connectivity index (χ4n) is 2.43. The molecule has 1 aliphatic rings. The Morgan fingerprint density at radius 3 is 2.89 bits per heavy atom. The predicted octanol–water partition coefficient (Wildman–Crippen LogP) is 1.37. The van der Waals surface area contributed by atoms with Gasteiger partial charge in [-0.1, -0.05) is 6.92 Å². The van der Waals surface area contributed by atoms with E-state index in [1.54, 1.807) is 0 Å². The van der Waals surface area contributed by atoms with Crippen molar-refractivity contribution in [1.29, 1.82) is 0 Å². The Morgan fingerprint density at radius 2 is 2.22 bits per heavy atom. The fourth-order valence-corrected chi connectivity index (χ4v) is 2.43. The van der Waals surface area contributed by atoms with Crippen molar-refractivity contribution in [2.75, 3.05) is 26.2 Å². The Balaban J connectivity index is 2.19. The molecule has 1 unspecified atom stereocenters. The van der Waals surface area contributed by atoms with E-state index in [4.69, 9.17) is 0 Å². The fraction of sp³-hybridized carbons (Fsp3) is 0.929. The summed E-state index contributed by atoms with van der Waals surface area (Å²) < 4.78 is 0. The first-order chi connectivity index (χ1) is 8.61. The highest BCUT2D eigenvalue weighted by Crippen LogP contribution is 2.10. The SMILES string of the molecule is CCCNC1CCCN(CCC(=O)NC(C)C)C1. The molecular formula is C14H29N3O. The number of carbonyl (C=O) groups is 1. The van der Waals surface area contributed by atoms with E-state index >= 15 is 0 Å². The van der Waals surface area contributed by atoms with Crippen molar-refractivity contribution >= 4 is 5.91 Å². The van der Waals surface area contributed by atoms with Crippen LogP contribution in [0.25, 0.3) is 0 Å². The highest BCUT2D eigenvalue weighted by Gasteiger charge is 2.19. The van der Waals surface area contributed by atoms with Crippen LogP contribution in [-0.4, -0.2) is 49.1 Å². The van der Waals surface area contributed by atoms with Crippen molar-refractivity contribution in [2.24, 2.45) is 0 Å². The molecule has 0 aliphatic carbocycles. The van der Waals surface area contributed by atoms with E-state index in [0.717, 1.165) is 26.2 Å². The molecular weight excluding hydrogens is 226 g/mol. The van der Waals surface area contributed by atoms with Crippen LogP contribution in [0.2, 0.25) is 0 Å². The van der Waals surface area contributed by atoms with Gasteiger partial charge < -0.3 is 15.5 Å². The molecule has 0 aromatic heterocycles. The molecule has 0 radical (unpaired) electrons.